The summed E-state index contributed by atoms with van der Waals surface area (Å²) >= 11 is 0. The molecule has 0 aliphatic carbocycles. The lowest BCUT2D eigenvalue weighted by Crippen LogP contribution is -2.25. The van der Waals surface area contributed by atoms with Crippen LogP contribution in [0.25, 0.3) is 78.2 Å². The molecule has 0 bridgehead atoms. The van der Waals surface area contributed by atoms with Gasteiger partial charge in [0.15, 0.2) is 17.5 Å². The van der Waals surface area contributed by atoms with Gasteiger partial charge in [-0.2, -0.15) is 0 Å². The predicted molar refractivity (Wildman–Crippen MR) is 187 cm³/mol. The lowest BCUT2D eigenvalue weighted by Gasteiger charge is -2.13. The highest BCUT2D eigenvalue weighted by Gasteiger charge is 2.18. The Bertz CT molecular complexity index is 2510. The third kappa shape index (κ3) is 4.75. The first-order valence-corrected chi connectivity index (χ1v) is 15.6. The molecule has 6 aromatic carbocycles. The molecule has 0 amide bonds. The maximum absolute atomic E-state index is 5.16. The largest absolute Gasteiger partial charge is 0.259 e. The van der Waals surface area contributed by atoms with Crippen LogP contribution >= 0.6 is 0 Å². The number of rotatable bonds is 5. The van der Waals surface area contributed by atoms with E-state index in [0.29, 0.717) is 24.1 Å². The van der Waals surface area contributed by atoms with Crippen molar-refractivity contribution in [2.75, 3.05) is 6.67 Å². The minimum Gasteiger partial charge on any atom is -0.259 e. The van der Waals surface area contributed by atoms with Gasteiger partial charge in [-0.05, 0) is 17.7 Å². The van der Waals surface area contributed by atoms with Gasteiger partial charge in [-0.1, -0.05) is 133 Å². The quantitative estimate of drug-likeness (QED) is 0.187. The van der Waals surface area contributed by atoms with Crippen LogP contribution in [0.15, 0.2) is 156 Å². The first-order valence-electron chi connectivity index (χ1n) is 15.6. The van der Waals surface area contributed by atoms with Crippen molar-refractivity contribution >= 4 is 21.7 Å². The summed E-state index contributed by atoms with van der Waals surface area (Å²) in [5.74, 6) is 1.90. The van der Waals surface area contributed by atoms with Crippen molar-refractivity contribution in [1.82, 2.24) is 19.9 Å². The molecule has 0 atom stereocenters. The second-order valence-corrected chi connectivity index (χ2v) is 11.5. The van der Waals surface area contributed by atoms with Gasteiger partial charge in [0.2, 0.25) is 0 Å². The molecule has 0 fully saturated rings. The van der Waals surface area contributed by atoms with E-state index in [1.807, 2.05) is 72.8 Å². The summed E-state index contributed by atoms with van der Waals surface area (Å²) in [6, 6.07) is 49.3. The van der Waals surface area contributed by atoms with Crippen molar-refractivity contribution in [3.05, 3.63) is 156 Å². The zero-order valence-corrected chi connectivity index (χ0v) is 25.2. The third-order valence-electron chi connectivity index (χ3n) is 8.59. The van der Waals surface area contributed by atoms with Crippen LogP contribution in [0.3, 0.4) is 0 Å². The van der Waals surface area contributed by atoms with Gasteiger partial charge in [-0.25, -0.2) is 19.9 Å². The van der Waals surface area contributed by atoms with Crippen LogP contribution < -0.4 is 10.7 Å². The summed E-state index contributed by atoms with van der Waals surface area (Å²) in [6.07, 6.45) is 0. The van der Waals surface area contributed by atoms with Crippen LogP contribution in [0, 0.1) is 0 Å². The second-order valence-electron chi connectivity index (χ2n) is 11.5. The molecule has 2 aromatic heterocycles. The molecule has 47 heavy (non-hydrogen) atoms. The van der Waals surface area contributed by atoms with Crippen LogP contribution in [0.5, 0.6) is 0 Å². The smallest absolute Gasteiger partial charge is 0.164 e. The number of aromatic nitrogens is 4. The predicted octanol–water partition coefficient (Wildman–Crippen LogP) is 8.12. The zero-order chi connectivity index (χ0) is 31.2. The maximum atomic E-state index is 5.16. The van der Waals surface area contributed by atoms with Crippen LogP contribution in [-0.4, -0.2) is 26.6 Å². The van der Waals surface area contributed by atoms with E-state index in [9.17, 15) is 0 Å². The summed E-state index contributed by atoms with van der Waals surface area (Å²) in [5, 5.41) is 5.08. The van der Waals surface area contributed by atoms with Crippen LogP contribution in [-0.2, 0) is 0 Å². The molecule has 9 rings (SSSR count). The molecular weight excluding hydrogens is 576 g/mol. The molecule has 0 saturated carbocycles. The van der Waals surface area contributed by atoms with E-state index >= 15 is 0 Å². The highest BCUT2D eigenvalue weighted by atomic mass is 15.0. The number of nitrogens with zero attached hydrogens (tertiary/aromatic N) is 6. The van der Waals surface area contributed by atoms with Crippen molar-refractivity contribution in [2.24, 2.45) is 9.98 Å². The molecule has 0 N–H and O–H groups in total. The van der Waals surface area contributed by atoms with E-state index in [1.165, 1.54) is 0 Å². The number of para-hydroxylation sites is 1. The van der Waals surface area contributed by atoms with Gasteiger partial charge in [0.25, 0.3) is 0 Å². The summed E-state index contributed by atoms with van der Waals surface area (Å²) in [7, 11) is 0. The SMILES string of the molecule is c1ccc(-c2nc(-c3ccccc3)nc(-c3ccc(-c4cc5c(-c6ccccc6)nc6ccccc6c5c5c4=NCN=5)cc3)n2)cc1. The summed E-state index contributed by atoms with van der Waals surface area (Å²) in [4.78, 5) is 29.6. The molecule has 8 aromatic rings. The molecule has 0 spiro atoms. The minimum absolute atomic E-state index is 0.409. The average Bonchev–Trinajstić information content (AvgIpc) is 3.65. The Morgan fingerprint density at radius 3 is 1.49 bits per heavy atom. The topological polar surface area (TPSA) is 76.3 Å². The van der Waals surface area contributed by atoms with Crippen molar-refractivity contribution in [1.29, 1.82) is 0 Å². The van der Waals surface area contributed by atoms with Gasteiger partial charge in [0, 0.05) is 44.0 Å². The summed E-state index contributed by atoms with van der Waals surface area (Å²) in [6.45, 7) is 0.409. The average molecular weight is 603 g/mol. The van der Waals surface area contributed by atoms with Gasteiger partial charge in [-0.15, -0.1) is 0 Å². The van der Waals surface area contributed by atoms with Crippen molar-refractivity contribution in [3.8, 4) is 56.5 Å². The van der Waals surface area contributed by atoms with Crippen molar-refractivity contribution < 1.29 is 0 Å². The van der Waals surface area contributed by atoms with Crippen LogP contribution in [0.4, 0.5) is 0 Å². The fourth-order valence-electron chi connectivity index (χ4n) is 6.34. The molecule has 0 unspecified atom stereocenters. The van der Waals surface area contributed by atoms with Gasteiger partial charge in [0.1, 0.15) is 6.67 Å². The van der Waals surface area contributed by atoms with Crippen molar-refractivity contribution in [2.45, 2.75) is 0 Å². The molecule has 3 heterocycles. The Labute approximate surface area is 270 Å². The molecule has 6 heteroatoms. The zero-order valence-electron chi connectivity index (χ0n) is 25.2. The normalized spacial score (nSPS) is 12.1. The Kier molecular flexibility index (Phi) is 6.42. The fraction of sp³-hybridized carbons (Fsp3) is 0.0244. The standard InChI is InChI=1S/C41H26N6/c1-4-12-27(13-5-1)36-33-24-32(37-38(43-25-42-37)35(33)31-18-10-11-19-34(31)44-36)26-20-22-30(23-21-26)41-46-39(28-14-6-2-7-15-28)45-40(47-41)29-16-8-3-9-17-29/h1-24H,25H2. The van der Waals surface area contributed by atoms with Crippen molar-refractivity contribution in [3.63, 3.8) is 0 Å². The highest BCUT2D eigenvalue weighted by Crippen LogP contribution is 2.33. The Morgan fingerprint density at radius 2 is 0.872 bits per heavy atom. The van der Waals surface area contributed by atoms with Gasteiger partial charge < -0.3 is 0 Å². The van der Waals surface area contributed by atoms with E-state index in [-0.39, 0.29) is 0 Å². The molecule has 1 aliphatic heterocycles. The first-order chi connectivity index (χ1) is 23.3. The van der Waals surface area contributed by atoms with Gasteiger partial charge >= 0.3 is 0 Å². The monoisotopic (exact) mass is 602 g/mol. The minimum atomic E-state index is 0.409. The molecule has 1 aliphatic rings. The summed E-state index contributed by atoms with van der Waals surface area (Å²) in [5.41, 5.74) is 7.81. The van der Waals surface area contributed by atoms with Gasteiger partial charge in [-0.3, -0.25) is 9.98 Å². The molecule has 0 saturated heterocycles. The van der Waals surface area contributed by atoms with Crippen LogP contribution in [0.1, 0.15) is 0 Å². The maximum Gasteiger partial charge on any atom is 0.164 e. The second kappa shape index (κ2) is 11.2. The number of hydrogen-bond donors (Lipinski definition) is 0. The summed E-state index contributed by atoms with van der Waals surface area (Å²) < 4.78 is 0. The van der Waals surface area contributed by atoms with E-state index < -0.39 is 0 Å². The highest BCUT2D eigenvalue weighted by molar-refractivity contribution is 6.11. The molecule has 6 nitrogen and oxygen atoms in total. The molecule has 220 valence electrons. The third-order valence-corrected chi connectivity index (χ3v) is 8.59. The number of pyridine rings is 1. The number of hydrogen-bond acceptors (Lipinski definition) is 6. The molecule has 0 radical (unpaired) electrons. The lowest BCUT2D eigenvalue weighted by atomic mass is 9.94. The number of benzene rings is 6. The lowest BCUT2D eigenvalue weighted by molar-refractivity contribution is 1.06. The number of fused-ring (bicyclic) bond motifs is 5. The van der Waals surface area contributed by atoms with E-state index in [1.54, 1.807) is 0 Å². The Hall–Kier alpha value is -6.40. The first kappa shape index (κ1) is 27.0. The Balaban J connectivity index is 1.22. The van der Waals surface area contributed by atoms with E-state index in [0.717, 1.165) is 71.5 Å². The Morgan fingerprint density at radius 1 is 0.383 bits per heavy atom. The van der Waals surface area contributed by atoms with Gasteiger partial charge in [0.05, 0.1) is 21.9 Å². The van der Waals surface area contributed by atoms with E-state index in [2.05, 4.69) is 72.8 Å². The fourth-order valence-corrected chi connectivity index (χ4v) is 6.34. The molecular formula is C41H26N6. The van der Waals surface area contributed by atoms with Crippen LogP contribution in [0.2, 0.25) is 0 Å². The van der Waals surface area contributed by atoms with E-state index in [4.69, 9.17) is 29.9 Å².